The summed E-state index contributed by atoms with van der Waals surface area (Å²) >= 11 is 2.02. The molecule has 3 heteroatoms. The second-order valence-electron chi connectivity index (χ2n) is 5.04. The summed E-state index contributed by atoms with van der Waals surface area (Å²) in [7, 11) is 0. The second kappa shape index (κ2) is 5.55. The average molecular weight is 229 g/mol. The van der Waals surface area contributed by atoms with E-state index in [1.54, 1.807) is 0 Å². The van der Waals surface area contributed by atoms with E-state index < -0.39 is 0 Å². The van der Waals surface area contributed by atoms with Crippen LogP contribution in [0.1, 0.15) is 44.9 Å². The smallest absolute Gasteiger partial charge is 0.0541 e. The van der Waals surface area contributed by atoms with Gasteiger partial charge < -0.3 is 10.4 Å². The molecule has 0 amide bonds. The molecule has 2 rings (SSSR count). The Balaban J connectivity index is 1.69. The van der Waals surface area contributed by atoms with E-state index in [2.05, 4.69) is 11.6 Å². The minimum absolute atomic E-state index is 0.0226. The first kappa shape index (κ1) is 11.7. The van der Waals surface area contributed by atoms with E-state index in [4.69, 9.17) is 0 Å². The lowest BCUT2D eigenvalue weighted by Crippen LogP contribution is -2.40. The Bertz CT molecular complexity index is 192. The molecule has 0 aliphatic heterocycles. The van der Waals surface area contributed by atoms with Crippen LogP contribution in [-0.2, 0) is 0 Å². The fourth-order valence-electron chi connectivity index (χ4n) is 2.88. The van der Waals surface area contributed by atoms with E-state index in [9.17, 15) is 5.11 Å². The molecule has 0 aromatic heterocycles. The summed E-state index contributed by atoms with van der Waals surface area (Å²) in [5.41, 5.74) is 0. The van der Waals surface area contributed by atoms with Crippen LogP contribution >= 0.6 is 11.8 Å². The Morgan fingerprint density at radius 3 is 2.27 bits per heavy atom. The summed E-state index contributed by atoms with van der Waals surface area (Å²) in [4.78, 5) is 0. The minimum Gasteiger partial charge on any atom is -0.393 e. The maximum Gasteiger partial charge on any atom is 0.0541 e. The van der Waals surface area contributed by atoms with Gasteiger partial charge in [0.2, 0.25) is 0 Å². The third kappa shape index (κ3) is 3.36. The van der Waals surface area contributed by atoms with Gasteiger partial charge in [-0.2, -0.15) is 11.8 Å². The Kier molecular flexibility index (Phi) is 4.35. The largest absolute Gasteiger partial charge is 0.393 e. The summed E-state index contributed by atoms with van der Waals surface area (Å²) in [5.74, 6) is 0. The predicted molar refractivity (Wildman–Crippen MR) is 66.3 cm³/mol. The van der Waals surface area contributed by atoms with E-state index in [0.29, 0.717) is 6.04 Å². The molecule has 2 fully saturated rings. The molecule has 0 bridgehead atoms. The lowest BCUT2D eigenvalue weighted by atomic mass is 9.92. The van der Waals surface area contributed by atoms with Crippen LogP contribution in [0.2, 0.25) is 0 Å². The lowest BCUT2D eigenvalue weighted by Gasteiger charge is -2.29. The highest BCUT2D eigenvalue weighted by atomic mass is 32.2. The van der Waals surface area contributed by atoms with Crippen LogP contribution in [0, 0.1) is 0 Å². The Morgan fingerprint density at radius 1 is 1.00 bits per heavy atom. The Hall–Kier alpha value is 0.270. The number of thioether (sulfide) groups is 1. The van der Waals surface area contributed by atoms with Gasteiger partial charge in [-0.25, -0.2) is 0 Å². The standard InChI is InChI=1S/C12H23NOS/c1-15-12-7-4-10(8-12)13-9-2-5-11(14)6-3-9/h9-14H,2-8H2,1H3. The highest BCUT2D eigenvalue weighted by Gasteiger charge is 2.27. The molecule has 2 saturated carbocycles. The fourth-order valence-corrected chi connectivity index (χ4v) is 3.68. The first-order valence-electron chi connectivity index (χ1n) is 6.25. The molecule has 0 saturated heterocycles. The number of hydrogen-bond donors (Lipinski definition) is 2. The highest BCUT2D eigenvalue weighted by molar-refractivity contribution is 7.99. The van der Waals surface area contributed by atoms with E-state index >= 15 is 0 Å². The fraction of sp³-hybridized carbons (Fsp3) is 1.00. The summed E-state index contributed by atoms with van der Waals surface area (Å²) in [6, 6.07) is 1.43. The van der Waals surface area contributed by atoms with Gasteiger partial charge in [0.25, 0.3) is 0 Å². The first-order chi connectivity index (χ1) is 7.28. The molecule has 0 radical (unpaired) electrons. The van der Waals surface area contributed by atoms with Crippen molar-refractivity contribution < 1.29 is 5.11 Å². The van der Waals surface area contributed by atoms with Gasteiger partial charge in [0.1, 0.15) is 0 Å². The molecule has 0 aromatic carbocycles. The number of aliphatic hydroxyl groups excluding tert-OH is 1. The summed E-state index contributed by atoms with van der Waals surface area (Å²) in [5, 5.41) is 14.1. The monoisotopic (exact) mass is 229 g/mol. The van der Waals surface area contributed by atoms with E-state index in [1.165, 1.54) is 32.1 Å². The van der Waals surface area contributed by atoms with Crippen molar-refractivity contribution in [1.29, 1.82) is 0 Å². The van der Waals surface area contributed by atoms with Crippen molar-refractivity contribution >= 4 is 11.8 Å². The summed E-state index contributed by atoms with van der Waals surface area (Å²) < 4.78 is 0. The van der Waals surface area contributed by atoms with E-state index in [0.717, 1.165) is 24.1 Å². The molecule has 15 heavy (non-hydrogen) atoms. The van der Waals surface area contributed by atoms with Crippen molar-refractivity contribution in [3.05, 3.63) is 0 Å². The van der Waals surface area contributed by atoms with Crippen LogP contribution in [0.4, 0.5) is 0 Å². The molecule has 2 unspecified atom stereocenters. The molecular formula is C12H23NOS. The van der Waals surface area contributed by atoms with Crippen LogP contribution in [0.5, 0.6) is 0 Å². The highest BCUT2D eigenvalue weighted by Crippen LogP contribution is 2.29. The molecular weight excluding hydrogens is 206 g/mol. The quantitative estimate of drug-likeness (QED) is 0.778. The van der Waals surface area contributed by atoms with Crippen LogP contribution in [0.3, 0.4) is 0 Å². The van der Waals surface area contributed by atoms with Crippen LogP contribution < -0.4 is 5.32 Å². The number of nitrogens with one attached hydrogen (secondary N) is 1. The van der Waals surface area contributed by atoms with Gasteiger partial charge in [0.15, 0.2) is 0 Å². The molecule has 0 heterocycles. The van der Waals surface area contributed by atoms with E-state index in [1.807, 2.05) is 11.8 Å². The van der Waals surface area contributed by atoms with Crippen molar-refractivity contribution in [3.8, 4) is 0 Å². The lowest BCUT2D eigenvalue weighted by molar-refractivity contribution is 0.114. The first-order valence-corrected chi connectivity index (χ1v) is 7.53. The predicted octanol–water partition coefficient (Wildman–Crippen LogP) is 2.16. The molecule has 2 N–H and O–H groups in total. The Morgan fingerprint density at radius 2 is 1.67 bits per heavy atom. The molecule has 0 aromatic rings. The molecule has 2 aliphatic carbocycles. The van der Waals surface area contributed by atoms with Crippen molar-refractivity contribution in [1.82, 2.24) is 5.32 Å². The van der Waals surface area contributed by atoms with Gasteiger partial charge >= 0.3 is 0 Å². The maximum absolute atomic E-state index is 9.44. The minimum atomic E-state index is -0.0226. The zero-order valence-electron chi connectivity index (χ0n) is 9.61. The Labute approximate surface area is 97.2 Å². The summed E-state index contributed by atoms with van der Waals surface area (Å²) in [6.45, 7) is 0. The second-order valence-corrected chi connectivity index (χ2v) is 6.18. The normalized spacial score (nSPS) is 42.0. The number of hydrogen-bond acceptors (Lipinski definition) is 3. The average Bonchev–Trinajstić information content (AvgIpc) is 2.69. The maximum atomic E-state index is 9.44. The van der Waals surface area contributed by atoms with Crippen LogP contribution in [-0.4, -0.2) is 34.8 Å². The van der Waals surface area contributed by atoms with Gasteiger partial charge in [-0.1, -0.05) is 0 Å². The summed E-state index contributed by atoms with van der Waals surface area (Å²) in [6.07, 6.45) is 10.6. The van der Waals surface area contributed by atoms with Crippen molar-refractivity contribution in [3.63, 3.8) is 0 Å². The zero-order valence-corrected chi connectivity index (χ0v) is 10.4. The third-order valence-electron chi connectivity index (χ3n) is 3.89. The zero-order chi connectivity index (χ0) is 10.7. The van der Waals surface area contributed by atoms with E-state index in [-0.39, 0.29) is 6.10 Å². The molecule has 2 aliphatic rings. The number of aliphatic hydroxyl groups is 1. The molecule has 2 nitrogen and oxygen atoms in total. The van der Waals surface area contributed by atoms with Gasteiger partial charge in [-0.3, -0.25) is 0 Å². The van der Waals surface area contributed by atoms with Crippen molar-refractivity contribution in [2.45, 2.75) is 68.4 Å². The van der Waals surface area contributed by atoms with Gasteiger partial charge in [-0.05, 0) is 51.2 Å². The van der Waals surface area contributed by atoms with Gasteiger partial charge in [0.05, 0.1) is 6.10 Å². The van der Waals surface area contributed by atoms with Crippen molar-refractivity contribution in [2.75, 3.05) is 6.26 Å². The van der Waals surface area contributed by atoms with Crippen LogP contribution in [0.25, 0.3) is 0 Å². The van der Waals surface area contributed by atoms with Gasteiger partial charge in [-0.15, -0.1) is 0 Å². The topological polar surface area (TPSA) is 32.3 Å². The SMILES string of the molecule is CSC1CCC(NC2CCC(O)CC2)C1. The van der Waals surface area contributed by atoms with Gasteiger partial charge in [0, 0.05) is 17.3 Å². The molecule has 88 valence electrons. The third-order valence-corrected chi connectivity index (χ3v) is 4.98. The molecule has 0 spiro atoms. The van der Waals surface area contributed by atoms with Crippen molar-refractivity contribution in [2.24, 2.45) is 0 Å². The van der Waals surface area contributed by atoms with Crippen LogP contribution in [0.15, 0.2) is 0 Å². The number of rotatable bonds is 3. The molecule has 2 atom stereocenters.